The quantitative estimate of drug-likeness (QED) is 0.183. The highest BCUT2D eigenvalue weighted by Gasteiger charge is 2.37. The number of hydrogen-bond donors (Lipinski definition) is 2. The van der Waals surface area contributed by atoms with Crippen molar-refractivity contribution >= 4 is 51.9 Å². The third-order valence-corrected chi connectivity index (χ3v) is 8.76. The predicted molar refractivity (Wildman–Crippen MR) is 188 cm³/mol. The van der Waals surface area contributed by atoms with Crippen LogP contribution in [0.2, 0.25) is 0 Å². The summed E-state index contributed by atoms with van der Waals surface area (Å²) in [5, 5.41) is 7.64. The van der Waals surface area contributed by atoms with Gasteiger partial charge < -0.3 is 20.4 Å². The van der Waals surface area contributed by atoms with E-state index in [-0.39, 0.29) is 11.8 Å². The molecule has 10 heteroatoms. The van der Waals surface area contributed by atoms with Crippen LogP contribution in [-0.4, -0.2) is 72.5 Å². The van der Waals surface area contributed by atoms with Crippen LogP contribution in [-0.2, 0) is 11.3 Å². The van der Waals surface area contributed by atoms with Gasteiger partial charge >= 0.3 is 0 Å². The lowest BCUT2D eigenvalue weighted by Gasteiger charge is -2.20. The second kappa shape index (κ2) is 17.4. The molecule has 2 N–H and O–H groups in total. The Morgan fingerprint density at radius 3 is 2.59 bits per heavy atom. The predicted octanol–water partition coefficient (Wildman–Crippen LogP) is 6.47. The number of likely N-dealkylation sites (N-methyl/N-ethyl adjacent to an activating group) is 1. The zero-order chi connectivity index (χ0) is 32.1. The van der Waals surface area contributed by atoms with Crippen molar-refractivity contribution in [2.75, 3.05) is 46.1 Å². The summed E-state index contributed by atoms with van der Waals surface area (Å²) in [6.07, 6.45) is 11.8. The highest BCUT2D eigenvalue weighted by Crippen LogP contribution is 2.42. The number of carbonyl (C=O) groups excluding carboxylic acids is 2. The van der Waals surface area contributed by atoms with Gasteiger partial charge in [0.2, 0.25) is 0 Å². The van der Waals surface area contributed by atoms with Gasteiger partial charge in [0.1, 0.15) is 4.91 Å². The summed E-state index contributed by atoms with van der Waals surface area (Å²) < 4.78 is 0. The van der Waals surface area contributed by atoms with Crippen LogP contribution in [0.15, 0.2) is 86.7 Å². The molecular formula is C34H42N6O2S2. The molecule has 0 atom stereocenters. The zero-order valence-electron chi connectivity index (χ0n) is 26.4. The van der Waals surface area contributed by atoms with Crippen LogP contribution < -0.4 is 10.6 Å². The van der Waals surface area contributed by atoms with E-state index in [4.69, 9.17) is 11.4 Å². The van der Waals surface area contributed by atoms with E-state index < -0.39 is 0 Å². The maximum atomic E-state index is 14.2. The van der Waals surface area contributed by atoms with Gasteiger partial charge in [-0.15, -0.1) is 12.3 Å². The molecule has 1 aliphatic rings. The molecule has 0 saturated carbocycles. The number of thioether (sulfide) groups is 2. The number of benzene rings is 2. The fraction of sp³-hybridized carbons (Fsp3) is 0.324. The van der Waals surface area contributed by atoms with E-state index >= 15 is 0 Å². The smallest absolute Gasteiger partial charge is 0.269 e. The minimum Gasteiger partial charge on any atom is -0.384 e. The number of anilines is 1. The first kappa shape index (κ1) is 34.6. The topological polar surface area (TPSA) is 80.3 Å². The summed E-state index contributed by atoms with van der Waals surface area (Å²) >= 11 is 2.84. The number of terminal acetylenes is 1. The van der Waals surface area contributed by atoms with Crippen LogP contribution in [0.4, 0.5) is 11.4 Å². The Balaban J connectivity index is 2.13. The van der Waals surface area contributed by atoms with Crippen LogP contribution in [0, 0.1) is 12.3 Å². The second-order valence-electron chi connectivity index (χ2n) is 10.2. The molecule has 1 saturated heterocycles. The molecule has 1 heterocycles. The Morgan fingerprint density at radius 2 is 1.93 bits per heavy atom. The Labute approximate surface area is 270 Å². The molecule has 3 rings (SSSR count). The molecule has 2 aromatic rings. The van der Waals surface area contributed by atoms with Crippen LogP contribution in [0.3, 0.4) is 0 Å². The molecule has 0 spiro atoms. The zero-order valence-corrected chi connectivity index (χ0v) is 28.0. The van der Waals surface area contributed by atoms with Crippen LogP contribution in [0.5, 0.6) is 0 Å². The van der Waals surface area contributed by atoms with Crippen molar-refractivity contribution in [3.8, 4) is 12.3 Å². The number of nitrogens with zero attached hydrogens (tertiary/aromatic N) is 4. The summed E-state index contributed by atoms with van der Waals surface area (Å²) in [6.45, 7) is 8.23. The van der Waals surface area contributed by atoms with Gasteiger partial charge in [0, 0.05) is 38.7 Å². The number of carbonyl (C=O) groups is 2. The van der Waals surface area contributed by atoms with Gasteiger partial charge in [0.25, 0.3) is 11.8 Å². The minimum absolute atomic E-state index is 0.135. The van der Waals surface area contributed by atoms with Crippen molar-refractivity contribution in [1.82, 2.24) is 20.0 Å². The third kappa shape index (κ3) is 9.81. The highest BCUT2D eigenvalue weighted by atomic mass is 32.2. The molecule has 0 aromatic heterocycles. The van der Waals surface area contributed by atoms with Crippen molar-refractivity contribution < 1.29 is 9.59 Å². The first-order chi connectivity index (χ1) is 21.2. The molecule has 2 aromatic carbocycles. The minimum atomic E-state index is -0.172. The molecule has 232 valence electrons. The van der Waals surface area contributed by atoms with E-state index in [9.17, 15) is 9.59 Å². The van der Waals surface area contributed by atoms with Crippen molar-refractivity contribution in [2.45, 2.75) is 33.7 Å². The van der Waals surface area contributed by atoms with Gasteiger partial charge in [0.15, 0.2) is 5.17 Å². The van der Waals surface area contributed by atoms with Gasteiger partial charge in [-0.05, 0) is 81.5 Å². The fourth-order valence-corrected chi connectivity index (χ4v) is 6.31. The summed E-state index contributed by atoms with van der Waals surface area (Å²) in [5.41, 5.74) is 2.85. The number of hydrogen-bond acceptors (Lipinski definition) is 8. The van der Waals surface area contributed by atoms with Crippen LogP contribution in [0.25, 0.3) is 0 Å². The van der Waals surface area contributed by atoms with Gasteiger partial charge in [-0.1, -0.05) is 54.2 Å². The first-order valence-electron chi connectivity index (χ1n) is 14.5. The van der Waals surface area contributed by atoms with Crippen LogP contribution in [0.1, 0.15) is 43.1 Å². The Hall–Kier alpha value is -3.91. The number of allylic oxidation sites excluding steroid dienone is 3. The van der Waals surface area contributed by atoms with Gasteiger partial charge in [0.05, 0.1) is 22.9 Å². The lowest BCUT2D eigenvalue weighted by atomic mass is 10.1. The summed E-state index contributed by atoms with van der Waals surface area (Å²) in [4.78, 5) is 39.4. The first-order valence-corrected chi connectivity index (χ1v) is 16.1. The van der Waals surface area contributed by atoms with Crippen molar-refractivity contribution in [1.29, 1.82) is 0 Å². The monoisotopic (exact) mass is 630 g/mol. The van der Waals surface area contributed by atoms with Gasteiger partial charge in [-0.3, -0.25) is 14.5 Å². The molecule has 0 aliphatic carbocycles. The average Bonchev–Trinajstić information content (AvgIpc) is 3.29. The summed E-state index contributed by atoms with van der Waals surface area (Å²) in [6, 6.07) is 15.3. The molecule has 0 radical (unpaired) electrons. The lowest BCUT2D eigenvalue weighted by molar-refractivity contribution is -0.122. The SMILES string of the molecule is C#CC/C=C(\C)S/C(=C1\SC(=Nc2cc(C(=O)NCCN(C)C)ccc2NCC)N(Cc2ccccc2)C1=O)N(C)/C=C/C. The molecule has 1 fully saturated rings. The standard InChI is InChI=1S/C34H42N6O2S2/c1-8-11-15-25(4)43-33(39(7)21-9-2)30-32(42)40(24-26-16-13-12-14-17-26)34(44-30)37-29-23-27(18-19-28(29)35-10-3)31(41)36-20-22-38(5)6/h1,9,12-19,21,23,35H,10-11,20,22,24H2,2-7H3,(H,36,41)/b21-9+,25-15+,33-30-,37-34?. The number of amidine groups is 1. The maximum Gasteiger partial charge on any atom is 0.269 e. The lowest BCUT2D eigenvalue weighted by Crippen LogP contribution is -2.31. The van der Waals surface area contributed by atoms with E-state index in [0.717, 1.165) is 27.7 Å². The molecule has 2 amide bonds. The highest BCUT2D eigenvalue weighted by molar-refractivity contribution is 8.19. The van der Waals surface area contributed by atoms with Gasteiger partial charge in [-0.25, -0.2) is 4.99 Å². The second-order valence-corrected chi connectivity index (χ2v) is 12.5. The van der Waals surface area contributed by atoms with E-state index in [1.807, 2.05) is 106 Å². The van der Waals surface area contributed by atoms with E-state index in [1.165, 1.54) is 23.5 Å². The van der Waals surface area contributed by atoms with Crippen LogP contribution >= 0.6 is 23.5 Å². The normalized spacial score (nSPS) is 15.7. The molecular weight excluding hydrogens is 589 g/mol. The molecule has 0 unspecified atom stereocenters. The third-order valence-electron chi connectivity index (χ3n) is 6.39. The molecule has 44 heavy (non-hydrogen) atoms. The number of amides is 2. The molecule has 1 aliphatic heterocycles. The molecule has 8 nitrogen and oxygen atoms in total. The average molecular weight is 631 g/mol. The Kier molecular flexibility index (Phi) is 13.7. The maximum absolute atomic E-state index is 14.2. The summed E-state index contributed by atoms with van der Waals surface area (Å²) in [5.74, 6) is 2.34. The van der Waals surface area contributed by atoms with E-state index in [2.05, 4.69) is 16.6 Å². The number of rotatable bonds is 14. The van der Waals surface area contributed by atoms with Crippen molar-refractivity contribution in [2.24, 2.45) is 4.99 Å². The van der Waals surface area contributed by atoms with E-state index in [1.54, 1.807) is 17.0 Å². The number of aliphatic imine (C=N–C) groups is 1. The Morgan fingerprint density at radius 1 is 1.18 bits per heavy atom. The Bertz CT molecular complexity index is 1470. The number of nitrogens with one attached hydrogen (secondary N) is 2. The van der Waals surface area contributed by atoms with Gasteiger partial charge in [-0.2, -0.15) is 0 Å². The van der Waals surface area contributed by atoms with E-state index in [0.29, 0.717) is 47.4 Å². The van der Waals surface area contributed by atoms with Crippen molar-refractivity contribution in [3.63, 3.8) is 0 Å². The molecule has 0 bridgehead atoms. The van der Waals surface area contributed by atoms with Crippen molar-refractivity contribution in [3.05, 3.63) is 92.8 Å². The summed E-state index contributed by atoms with van der Waals surface area (Å²) in [7, 11) is 5.85. The fourth-order valence-electron chi connectivity index (χ4n) is 4.19. The largest absolute Gasteiger partial charge is 0.384 e.